The molecule has 0 aromatic heterocycles. The van der Waals surface area contributed by atoms with Crippen LogP contribution >= 0.6 is 0 Å². The first kappa shape index (κ1) is 13.4. The SMILES string of the molecule is CCC(O)c1ccccc1N1CCC(C)C(O)C1. The summed E-state index contributed by atoms with van der Waals surface area (Å²) in [6, 6.07) is 7.97. The fourth-order valence-corrected chi connectivity index (χ4v) is 2.54. The summed E-state index contributed by atoms with van der Waals surface area (Å²) in [5.41, 5.74) is 2.04. The van der Waals surface area contributed by atoms with Gasteiger partial charge in [-0.2, -0.15) is 0 Å². The van der Waals surface area contributed by atoms with Crippen molar-refractivity contribution in [1.82, 2.24) is 0 Å². The van der Waals surface area contributed by atoms with Crippen LogP contribution in [0.5, 0.6) is 0 Å². The van der Waals surface area contributed by atoms with Crippen LogP contribution in [0.1, 0.15) is 38.4 Å². The van der Waals surface area contributed by atoms with Crippen LogP contribution in [0.3, 0.4) is 0 Å². The minimum Gasteiger partial charge on any atom is -0.391 e. The normalized spacial score (nSPS) is 26.1. The van der Waals surface area contributed by atoms with Gasteiger partial charge in [-0.05, 0) is 24.8 Å². The fourth-order valence-electron chi connectivity index (χ4n) is 2.54. The summed E-state index contributed by atoms with van der Waals surface area (Å²) in [6.45, 7) is 5.68. The van der Waals surface area contributed by atoms with Crippen molar-refractivity contribution in [3.8, 4) is 0 Å². The highest BCUT2D eigenvalue weighted by Gasteiger charge is 2.26. The van der Waals surface area contributed by atoms with Crippen molar-refractivity contribution in [2.24, 2.45) is 5.92 Å². The Balaban J connectivity index is 2.22. The number of rotatable bonds is 3. The predicted molar refractivity (Wildman–Crippen MR) is 73.7 cm³/mol. The summed E-state index contributed by atoms with van der Waals surface area (Å²) in [5.74, 6) is 0.365. The van der Waals surface area contributed by atoms with Crippen LogP contribution in [0.15, 0.2) is 24.3 Å². The Morgan fingerprint density at radius 2 is 2.11 bits per heavy atom. The van der Waals surface area contributed by atoms with Crippen LogP contribution in [0, 0.1) is 5.92 Å². The Hall–Kier alpha value is -1.06. The van der Waals surface area contributed by atoms with E-state index >= 15 is 0 Å². The van der Waals surface area contributed by atoms with Crippen molar-refractivity contribution < 1.29 is 10.2 Å². The predicted octanol–water partition coefficient (Wildman–Crippen LogP) is 2.34. The van der Waals surface area contributed by atoms with Gasteiger partial charge in [0.15, 0.2) is 0 Å². The van der Waals surface area contributed by atoms with E-state index in [1.54, 1.807) is 0 Å². The molecule has 1 aliphatic heterocycles. The minimum atomic E-state index is -0.419. The van der Waals surface area contributed by atoms with Gasteiger partial charge in [-0.15, -0.1) is 0 Å². The summed E-state index contributed by atoms with van der Waals surface area (Å²) in [6.07, 6.45) is 1.02. The van der Waals surface area contributed by atoms with Gasteiger partial charge in [0.25, 0.3) is 0 Å². The molecule has 0 spiro atoms. The molecule has 3 unspecified atom stereocenters. The molecule has 1 heterocycles. The third kappa shape index (κ3) is 2.68. The van der Waals surface area contributed by atoms with Crippen molar-refractivity contribution in [2.45, 2.75) is 38.9 Å². The lowest BCUT2D eigenvalue weighted by Gasteiger charge is -2.37. The molecule has 0 aliphatic carbocycles. The molecule has 1 aliphatic rings. The largest absolute Gasteiger partial charge is 0.391 e. The van der Waals surface area contributed by atoms with E-state index in [0.29, 0.717) is 18.9 Å². The van der Waals surface area contributed by atoms with Crippen LogP contribution < -0.4 is 4.90 Å². The summed E-state index contributed by atoms with van der Waals surface area (Å²) in [5, 5.41) is 20.1. The monoisotopic (exact) mass is 249 g/mol. The van der Waals surface area contributed by atoms with Gasteiger partial charge < -0.3 is 15.1 Å². The molecule has 0 amide bonds. The molecule has 1 aromatic rings. The number of β-amino-alcohol motifs (C(OH)–C–C–N with tert-alkyl or cyclic N) is 1. The van der Waals surface area contributed by atoms with E-state index in [-0.39, 0.29) is 6.10 Å². The van der Waals surface area contributed by atoms with E-state index in [1.807, 2.05) is 31.2 Å². The number of piperidine rings is 1. The Bertz CT molecular complexity index is 394. The molecule has 1 fully saturated rings. The van der Waals surface area contributed by atoms with Gasteiger partial charge in [-0.25, -0.2) is 0 Å². The summed E-state index contributed by atoms with van der Waals surface area (Å²) in [4.78, 5) is 2.19. The zero-order chi connectivity index (χ0) is 13.1. The van der Waals surface area contributed by atoms with Crippen LogP contribution in [0.2, 0.25) is 0 Å². The molecule has 3 heteroatoms. The lowest BCUT2D eigenvalue weighted by Crippen LogP contribution is -2.43. The second-order valence-corrected chi connectivity index (χ2v) is 5.26. The molecule has 100 valence electrons. The number of hydrogen-bond acceptors (Lipinski definition) is 3. The molecule has 1 saturated heterocycles. The number of aliphatic hydroxyl groups is 2. The van der Waals surface area contributed by atoms with Crippen molar-refractivity contribution in [3.63, 3.8) is 0 Å². The molecule has 3 nitrogen and oxygen atoms in total. The van der Waals surface area contributed by atoms with E-state index in [0.717, 1.165) is 24.2 Å². The van der Waals surface area contributed by atoms with Gasteiger partial charge in [0.2, 0.25) is 0 Å². The lowest BCUT2D eigenvalue weighted by atomic mass is 9.94. The highest BCUT2D eigenvalue weighted by molar-refractivity contribution is 5.55. The molecule has 0 saturated carbocycles. The first-order valence-corrected chi connectivity index (χ1v) is 6.83. The highest BCUT2D eigenvalue weighted by atomic mass is 16.3. The van der Waals surface area contributed by atoms with E-state index in [2.05, 4.69) is 11.8 Å². The number of hydrogen-bond donors (Lipinski definition) is 2. The van der Waals surface area contributed by atoms with Gasteiger partial charge in [0.05, 0.1) is 12.2 Å². The van der Waals surface area contributed by atoms with Crippen LogP contribution in [-0.4, -0.2) is 29.4 Å². The first-order chi connectivity index (χ1) is 8.63. The molecule has 18 heavy (non-hydrogen) atoms. The van der Waals surface area contributed by atoms with Gasteiger partial charge >= 0.3 is 0 Å². The van der Waals surface area contributed by atoms with Gasteiger partial charge in [-0.1, -0.05) is 32.0 Å². The van der Waals surface area contributed by atoms with Crippen LogP contribution in [0.25, 0.3) is 0 Å². The smallest absolute Gasteiger partial charge is 0.0807 e. The lowest BCUT2D eigenvalue weighted by molar-refractivity contribution is 0.102. The van der Waals surface area contributed by atoms with Crippen molar-refractivity contribution in [2.75, 3.05) is 18.0 Å². The second-order valence-electron chi connectivity index (χ2n) is 5.26. The molecule has 2 rings (SSSR count). The topological polar surface area (TPSA) is 43.7 Å². The number of nitrogens with zero attached hydrogens (tertiary/aromatic N) is 1. The minimum absolute atomic E-state index is 0.273. The fraction of sp³-hybridized carbons (Fsp3) is 0.600. The molecule has 0 bridgehead atoms. The van der Waals surface area contributed by atoms with Crippen molar-refractivity contribution in [1.29, 1.82) is 0 Å². The molecule has 3 atom stereocenters. The third-order valence-corrected chi connectivity index (χ3v) is 3.94. The standard InChI is InChI=1S/C15H23NO2/c1-3-14(17)12-6-4-5-7-13(12)16-9-8-11(2)15(18)10-16/h4-7,11,14-15,17-18H,3,8-10H2,1-2H3. The molecular formula is C15H23NO2. The maximum atomic E-state index is 10.1. The Kier molecular flexibility index (Phi) is 4.25. The average molecular weight is 249 g/mol. The highest BCUT2D eigenvalue weighted by Crippen LogP contribution is 2.31. The average Bonchev–Trinajstić information content (AvgIpc) is 2.41. The maximum absolute atomic E-state index is 10.1. The van der Waals surface area contributed by atoms with Crippen LogP contribution in [-0.2, 0) is 0 Å². The zero-order valence-electron chi connectivity index (χ0n) is 11.2. The Morgan fingerprint density at radius 1 is 1.39 bits per heavy atom. The summed E-state index contributed by atoms with van der Waals surface area (Å²) < 4.78 is 0. The number of anilines is 1. The summed E-state index contributed by atoms with van der Waals surface area (Å²) >= 11 is 0. The molecule has 1 aromatic carbocycles. The molecule has 0 radical (unpaired) electrons. The van der Waals surface area contributed by atoms with Crippen molar-refractivity contribution >= 4 is 5.69 Å². The number of para-hydroxylation sites is 1. The third-order valence-electron chi connectivity index (χ3n) is 3.94. The molecule has 2 N–H and O–H groups in total. The van der Waals surface area contributed by atoms with E-state index in [4.69, 9.17) is 0 Å². The van der Waals surface area contributed by atoms with Crippen molar-refractivity contribution in [3.05, 3.63) is 29.8 Å². The first-order valence-electron chi connectivity index (χ1n) is 6.83. The Morgan fingerprint density at radius 3 is 2.78 bits per heavy atom. The van der Waals surface area contributed by atoms with Crippen LogP contribution in [0.4, 0.5) is 5.69 Å². The number of benzene rings is 1. The van der Waals surface area contributed by atoms with E-state index in [1.165, 1.54) is 0 Å². The quantitative estimate of drug-likeness (QED) is 0.864. The summed E-state index contributed by atoms with van der Waals surface area (Å²) in [7, 11) is 0. The second kappa shape index (κ2) is 5.72. The molecular weight excluding hydrogens is 226 g/mol. The van der Waals surface area contributed by atoms with Gasteiger partial charge in [-0.3, -0.25) is 0 Å². The van der Waals surface area contributed by atoms with Gasteiger partial charge in [0.1, 0.15) is 0 Å². The van der Waals surface area contributed by atoms with E-state index < -0.39 is 6.10 Å². The maximum Gasteiger partial charge on any atom is 0.0807 e. The number of aliphatic hydroxyl groups excluding tert-OH is 2. The van der Waals surface area contributed by atoms with Gasteiger partial charge in [0, 0.05) is 24.3 Å². The zero-order valence-corrected chi connectivity index (χ0v) is 11.2. The Labute approximate surface area is 109 Å². The van der Waals surface area contributed by atoms with E-state index in [9.17, 15) is 10.2 Å².